The van der Waals surface area contributed by atoms with Crippen molar-refractivity contribution in [2.75, 3.05) is 13.2 Å². The van der Waals surface area contributed by atoms with E-state index in [4.69, 9.17) is 37.8 Å². The number of benzene rings is 2. The van der Waals surface area contributed by atoms with Crippen molar-refractivity contribution in [1.82, 2.24) is 0 Å². The Morgan fingerprint density at radius 2 is 1.36 bits per heavy atom. The van der Waals surface area contributed by atoms with Crippen LogP contribution in [-0.4, -0.2) is 21.6 Å². The zero-order valence-corrected chi connectivity index (χ0v) is 13.7. The first kappa shape index (κ1) is 16.9. The van der Waals surface area contributed by atoms with E-state index in [0.29, 0.717) is 21.5 Å². The number of hydrogen-bond donors (Lipinski definition) is 1. The summed E-state index contributed by atoms with van der Waals surface area (Å²) in [6.45, 7) is 0.562. The molecule has 2 aromatic rings. The average Bonchev–Trinajstić information content (AvgIpc) is 2.42. The number of primary sulfonamides is 1. The molecule has 22 heavy (non-hydrogen) atoms. The van der Waals surface area contributed by atoms with Gasteiger partial charge < -0.3 is 9.47 Å². The fraction of sp³-hybridized carbons (Fsp3) is 0.143. The lowest BCUT2D eigenvalue weighted by Gasteiger charge is -2.09. The van der Waals surface area contributed by atoms with E-state index >= 15 is 0 Å². The van der Waals surface area contributed by atoms with Gasteiger partial charge in [-0.15, -0.1) is 0 Å². The van der Waals surface area contributed by atoms with E-state index in [9.17, 15) is 8.42 Å². The van der Waals surface area contributed by atoms with Gasteiger partial charge in [0.15, 0.2) is 0 Å². The fourth-order valence-electron chi connectivity index (χ4n) is 1.66. The van der Waals surface area contributed by atoms with Gasteiger partial charge in [-0.25, -0.2) is 13.6 Å². The molecule has 0 aromatic heterocycles. The topological polar surface area (TPSA) is 78.6 Å². The van der Waals surface area contributed by atoms with Gasteiger partial charge in [0, 0.05) is 10.0 Å². The molecule has 0 radical (unpaired) electrons. The van der Waals surface area contributed by atoms with Crippen molar-refractivity contribution in [3.63, 3.8) is 0 Å². The van der Waals surface area contributed by atoms with E-state index in [-0.39, 0.29) is 18.1 Å². The summed E-state index contributed by atoms with van der Waals surface area (Å²) in [6.07, 6.45) is 0. The molecule has 0 aliphatic carbocycles. The second-order valence-electron chi connectivity index (χ2n) is 4.32. The molecule has 0 saturated heterocycles. The number of ether oxygens (including phenoxy) is 2. The maximum absolute atomic E-state index is 11.1. The highest BCUT2D eigenvalue weighted by Gasteiger charge is 2.07. The van der Waals surface area contributed by atoms with E-state index in [0.717, 1.165) is 0 Å². The maximum Gasteiger partial charge on any atom is 0.238 e. The van der Waals surface area contributed by atoms with Crippen LogP contribution in [0.3, 0.4) is 0 Å². The highest BCUT2D eigenvalue weighted by Crippen LogP contribution is 2.24. The standard InChI is InChI=1S/C14H13Cl2NO4S/c15-10-7-11(16)9-13(8-10)21-6-5-20-12-1-3-14(4-2-12)22(17,18)19/h1-4,7-9H,5-6H2,(H2,17,18,19). The first-order valence-electron chi connectivity index (χ1n) is 6.19. The Morgan fingerprint density at radius 1 is 0.864 bits per heavy atom. The van der Waals surface area contributed by atoms with Gasteiger partial charge in [-0.05, 0) is 42.5 Å². The summed E-state index contributed by atoms with van der Waals surface area (Å²) in [5.41, 5.74) is 0. The molecular weight excluding hydrogens is 349 g/mol. The molecule has 0 heterocycles. The molecule has 0 aliphatic heterocycles. The first-order valence-corrected chi connectivity index (χ1v) is 8.49. The second-order valence-corrected chi connectivity index (χ2v) is 6.75. The Balaban J connectivity index is 1.84. The highest BCUT2D eigenvalue weighted by molar-refractivity contribution is 7.89. The SMILES string of the molecule is NS(=O)(=O)c1ccc(OCCOc2cc(Cl)cc(Cl)c2)cc1. The van der Waals surface area contributed by atoms with Gasteiger partial charge in [0.25, 0.3) is 0 Å². The second kappa shape index (κ2) is 7.19. The quantitative estimate of drug-likeness (QED) is 0.801. The lowest BCUT2D eigenvalue weighted by Crippen LogP contribution is -2.12. The van der Waals surface area contributed by atoms with Gasteiger partial charge in [0.2, 0.25) is 10.0 Å². The number of rotatable bonds is 6. The lowest BCUT2D eigenvalue weighted by molar-refractivity contribution is 0.217. The highest BCUT2D eigenvalue weighted by atomic mass is 35.5. The normalized spacial score (nSPS) is 11.2. The largest absolute Gasteiger partial charge is 0.490 e. The summed E-state index contributed by atoms with van der Waals surface area (Å²) in [7, 11) is -3.69. The Bertz CT molecular complexity index is 728. The minimum atomic E-state index is -3.69. The van der Waals surface area contributed by atoms with Crippen LogP contribution in [0.2, 0.25) is 10.0 Å². The minimum absolute atomic E-state index is 0.0321. The van der Waals surface area contributed by atoms with Gasteiger partial charge >= 0.3 is 0 Å². The molecule has 0 fully saturated rings. The van der Waals surface area contributed by atoms with E-state index in [1.54, 1.807) is 18.2 Å². The van der Waals surface area contributed by atoms with Crippen LogP contribution < -0.4 is 14.6 Å². The number of nitrogens with two attached hydrogens (primary N) is 1. The van der Waals surface area contributed by atoms with Crippen LogP contribution in [-0.2, 0) is 10.0 Å². The molecule has 2 rings (SSSR count). The van der Waals surface area contributed by atoms with Crippen molar-refractivity contribution in [3.8, 4) is 11.5 Å². The molecule has 0 atom stereocenters. The molecule has 0 saturated carbocycles. The number of sulfonamides is 1. The predicted molar refractivity (Wildman–Crippen MR) is 85.3 cm³/mol. The lowest BCUT2D eigenvalue weighted by atomic mass is 10.3. The summed E-state index contributed by atoms with van der Waals surface area (Å²) in [5, 5.41) is 5.98. The summed E-state index contributed by atoms with van der Waals surface area (Å²) in [4.78, 5) is 0.0321. The van der Waals surface area contributed by atoms with E-state index in [1.165, 1.54) is 24.3 Å². The Hall–Kier alpha value is -1.47. The van der Waals surface area contributed by atoms with E-state index in [2.05, 4.69) is 0 Å². The summed E-state index contributed by atoms with van der Waals surface area (Å²) >= 11 is 11.7. The van der Waals surface area contributed by atoms with E-state index in [1.807, 2.05) is 0 Å². The monoisotopic (exact) mass is 361 g/mol. The van der Waals surface area contributed by atoms with Gasteiger partial charge in [0.1, 0.15) is 24.7 Å². The summed E-state index contributed by atoms with van der Waals surface area (Å²) in [5.74, 6) is 1.06. The van der Waals surface area contributed by atoms with Crippen LogP contribution in [0.4, 0.5) is 0 Å². The zero-order valence-electron chi connectivity index (χ0n) is 11.3. The third-order valence-corrected chi connectivity index (χ3v) is 3.97. The summed E-state index contributed by atoms with van der Waals surface area (Å²) in [6, 6.07) is 10.7. The van der Waals surface area contributed by atoms with Gasteiger partial charge in [-0.1, -0.05) is 23.2 Å². The molecule has 5 nitrogen and oxygen atoms in total. The Kier molecular flexibility index (Phi) is 5.52. The third kappa shape index (κ3) is 5.06. The molecule has 2 N–H and O–H groups in total. The van der Waals surface area contributed by atoms with Crippen LogP contribution >= 0.6 is 23.2 Å². The van der Waals surface area contributed by atoms with Crippen molar-refractivity contribution < 1.29 is 17.9 Å². The Morgan fingerprint density at radius 3 is 1.86 bits per heavy atom. The van der Waals surface area contributed by atoms with Crippen LogP contribution in [0.15, 0.2) is 47.4 Å². The smallest absolute Gasteiger partial charge is 0.238 e. The summed E-state index contributed by atoms with van der Waals surface area (Å²) < 4.78 is 33.1. The molecule has 0 spiro atoms. The van der Waals surface area contributed by atoms with Crippen LogP contribution in [0.25, 0.3) is 0 Å². The maximum atomic E-state index is 11.1. The molecule has 0 amide bonds. The van der Waals surface area contributed by atoms with Crippen LogP contribution in [0.5, 0.6) is 11.5 Å². The van der Waals surface area contributed by atoms with Crippen molar-refractivity contribution in [1.29, 1.82) is 0 Å². The van der Waals surface area contributed by atoms with Crippen molar-refractivity contribution >= 4 is 33.2 Å². The molecule has 8 heteroatoms. The van der Waals surface area contributed by atoms with Gasteiger partial charge in [-0.2, -0.15) is 0 Å². The zero-order chi connectivity index (χ0) is 16.2. The number of halogens is 2. The number of hydrogen-bond acceptors (Lipinski definition) is 4. The van der Waals surface area contributed by atoms with Crippen molar-refractivity contribution in [2.24, 2.45) is 5.14 Å². The fourth-order valence-corrected chi connectivity index (χ4v) is 2.68. The molecular formula is C14H13Cl2NO4S. The average molecular weight is 362 g/mol. The van der Waals surface area contributed by atoms with Crippen LogP contribution in [0, 0.1) is 0 Å². The third-order valence-electron chi connectivity index (χ3n) is 2.61. The van der Waals surface area contributed by atoms with Crippen molar-refractivity contribution in [3.05, 3.63) is 52.5 Å². The van der Waals surface area contributed by atoms with E-state index < -0.39 is 10.0 Å². The Labute approximate surface area is 138 Å². The molecule has 0 bridgehead atoms. The minimum Gasteiger partial charge on any atom is -0.490 e. The molecule has 0 unspecified atom stereocenters. The van der Waals surface area contributed by atoms with Crippen molar-refractivity contribution in [2.45, 2.75) is 4.90 Å². The molecule has 2 aromatic carbocycles. The molecule has 118 valence electrons. The van der Waals surface area contributed by atoms with Gasteiger partial charge in [0.05, 0.1) is 4.90 Å². The van der Waals surface area contributed by atoms with Crippen LogP contribution in [0.1, 0.15) is 0 Å². The first-order chi connectivity index (χ1) is 10.3. The molecule has 0 aliphatic rings. The van der Waals surface area contributed by atoms with Gasteiger partial charge in [-0.3, -0.25) is 0 Å². The predicted octanol–water partition coefficient (Wildman–Crippen LogP) is 3.10.